The van der Waals surface area contributed by atoms with Gasteiger partial charge in [0, 0.05) is 32.8 Å². The van der Waals surface area contributed by atoms with Crippen LogP contribution in [0.15, 0.2) is 84.9 Å². The molecule has 10 nitrogen and oxygen atoms in total. The fourth-order valence-corrected chi connectivity index (χ4v) is 7.18. The number of rotatable bonds is 8. The van der Waals surface area contributed by atoms with Crippen LogP contribution in [-0.4, -0.2) is 55.9 Å². The first kappa shape index (κ1) is 33.5. The molecule has 2 heterocycles. The maximum absolute atomic E-state index is 13.4. The van der Waals surface area contributed by atoms with Crippen molar-refractivity contribution in [3.8, 4) is 33.8 Å². The minimum Gasteiger partial charge on any atom is -0.496 e. The molecule has 3 N–H and O–H groups in total. The lowest BCUT2D eigenvalue weighted by Crippen LogP contribution is -2.43. The minimum atomic E-state index is -0.582. The van der Waals surface area contributed by atoms with E-state index in [1.54, 1.807) is 54.6 Å². The Hall–Kier alpha value is -5.41. The second-order valence-corrected chi connectivity index (χ2v) is 13.0. The van der Waals surface area contributed by atoms with E-state index >= 15 is 0 Å². The monoisotopic (exact) mass is 693 g/mol. The molecule has 0 spiro atoms. The van der Waals surface area contributed by atoms with Gasteiger partial charge in [-0.2, -0.15) is 5.26 Å². The van der Waals surface area contributed by atoms with E-state index in [2.05, 4.69) is 34.2 Å². The molecular formula is C37H32ClN5O5S. The Morgan fingerprint density at radius 1 is 0.878 bits per heavy atom. The second-order valence-electron chi connectivity index (χ2n) is 11.6. The number of nitriles is 1. The van der Waals surface area contributed by atoms with Crippen molar-refractivity contribution in [2.24, 2.45) is 0 Å². The quantitative estimate of drug-likeness (QED) is 0.152. The normalized spacial score (nSPS) is 13.3. The van der Waals surface area contributed by atoms with E-state index in [-0.39, 0.29) is 23.3 Å². The molecule has 5 aromatic rings. The number of methoxy groups -OCH3 is 1. The van der Waals surface area contributed by atoms with E-state index in [1.165, 1.54) is 30.6 Å². The van der Waals surface area contributed by atoms with E-state index in [0.29, 0.717) is 43.7 Å². The summed E-state index contributed by atoms with van der Waals surface area (Å²) in [6.07, 6.45) is 1.72. The van der Waals surface area contributed by atoms with E-state index < -0.39 is 11.8 Å². The summed E-state index contributed by atoms with van der Waals surface area (Å²) in [5.74, 6) is 0.0495. The van der Waals surface area contributed by atoms with Gasteiger partial charge >= 0.3 is 0 Å². The van der Waals surface area contributed by atoms with Gasteiger partial charge < -0.3 is 19.7 Å². The van der Waals surface area contributed by atoms with Gasteiger partial charge in [-0.05, 0) is 99.7 Å². The molecule has 1 aromatic heterocycles. The zero-order valence-electron chi connectivity index (χ0n) is 26.7. The number of thiophene rings is 1. The van der Waals surface area contributed by atoms with Crippen molar-refractivity contribution < 1.29 is 23.9 Å². The average Bonchev–Trinajstić information content (AvgIpc) is 3.46. The molecule has 3 amide bonds. The van der Waals surface area contributed by atoms with E-state index in [1.807, 2.05) is 18.2 Å². The standard InChI is InChI=1S/C37H32ClN5O5S/c1-43-17-15-24(16-18-43)40-36(45)29-13-9-23(19-31(29)47-2)35(44)41-42-37(46)28-6-4-3-5-27(28)34-33(38)30-14-12-26(20-32(30)49-34)48-25-10-7-22(21-39)8-11-25/h3-14,19-20,24H,15-18H2,1-2H3,(H,40,45)(H,41,44)(H,42,46). The number of piperidine rings is 1. The van der Waals surface area contributed by atoms with Crippen molar-refractivity contribution in [3.05, 3.63) is 112 Å². The average molecular weight is 694 g/mol. The van der Waals surface area contributed by atoms with Crippen LogP contribution >= 0.6 is 22.9 Å². The van der Waals surface area contributed by atoms with Crippen LogP contribution in [0, 0.1) is 11.3 Å². The number of carbonyl (C=O) groups is 3. The third kappa shape index (κ3) is 7.52. The topological polar surface area (TPSA) is 133 Å². The molecule has 1 aliphatic heterocycles. The number of fused-ring (bicyclic) bond motifs is 1. The first-order valence-electron chi connectivity index (χ1n) is 15.5. The van der Waals surface area contributed by atoms with Crippen LogP contribution in [0.25, 0.3) is 20.5 Å². The van der Waals surface area contributed by atoms with Gasteiger partial charge in [0.05, 0.1) is 34.2 Å². The van der Waals surface area contributed by atoms with Gasteiger partial charge in [0.15, 0.2) is 0 Å². The van der Waals surface area contributed by atoms with Gasteiger partial charge in [-0.1, -0.05) is 29.8 Å². The number of amides is 3. The van der Waals surface area contributed by atoms with Gasteiger partial charge in [-0.3, -0.25) is 25.2 Å². The maximum atomic E-state index is 13.4. The SMILES string of the molecule is COc1cc(C(=O)NNC(=O)c2ccccc2-c2sc3cc(Oc4ccc(C#N)cc4)ccc3c2Cl)ccc1C(=O)NC1CCN(C)CC1. The highest BCUT2D eigenvalue weighted by atomic mass is 35.5. The van der Waals surface area contributed by atoms with Crippen LogP contribution in [0.5, 0.6) is 17.2 Å². The van der Waals surface area contributed by atoms with Crippen LogP contribution < -0.4 is 25.6 Å². The first-order valence-corrected chi connectivity index (χ1v) is 16.7. The summed E-state index contributed by atoms with van der Waals surface area (Å²) >= 11 is 8.25. The zero-order valence-corrected chi connectivity index (χ0v) is 28.3. The van der Waals surface area contributed by atoms with Crippen LogP contribution in [0.3, 0.4) is 0 Å². The number of carbonyl (C=O) groups excluding carboxylic acids is 3. The van der Waals surface area contributed by atoms with Crippen molar-refractivity contribution in [1.82, 2.24) is 21.1 Å². The Bertz CT molecular complexity index is 2080. The number of hydrogen-bond donors (Lipinski definition) is 3. The molecule has 4 aromatic carbocycles. The summed E-state index contributed by atoms with van der Waals surface area (Å²) in [6, 6.07) is 26.0. The van der Waals surface area contributed by atoms with Crippen LogP contribution in [0.1, 0.15) is 49.5 Å². The molecule has 1 aliphatic rings. The van der Waals surface area contributed by atoms with Crippen molar-refractivity contribution in [2.45, 2.75) is 18.9 Å². The molecule has 1 fully saturated rings. The lowest BCUT2D eigenvalue weighted by molar-refractivity contribution is 0.0846. The number of hydrogen-bond acceptors (Lipinski definition) is 8. The molecule has 248 valence electrons. The number of likely N-dealkylation sites (tertiary alicyclic amines) is 1. The van der Waals surface area contributed by atoms with E-state index in [9.17, 15) is 14.4 Å². The highest BCUT2D eigenvalue weighted by Gasteiger charge is 2.23. The molecule has 6 rings (SSSR count). The highest BCUT2D eigenvalue weighted by Crippen LogP contribution is 2.44. The lowest BCUT2D eigenvalue weighted by atomic mass is 10.0. The number of ether oxygens (including phenoxy) is 2. The number of nitrogens with zero attached hydrogens (tertiary/aromatic N) is 2. The third-order valence-electron chi connectivity index (χ3n) is 8.29. The molecule has 0 unspecified atom stereocenters. The molecule has 0 atom stereocenters. The fraction of sp³-hybridized carbons (Fsp3) is 0.189. The molecule has 0 aliphatic carbocycles. The maximum Gasteiger partial charge on any atom is 0.270 e. The van der Waals surface area contributed by atoms with Gasteiger partial charge in [0.25, 0.3) is 17.7 Å². The molecule has 0 saturated carbocycles. The van der Waals surface area contributed by atoms with Crippen molar-refractivity contribution >= 4 is 50.7 Å². The molecule has 0 radical (unpaired) electrons. The third-order valence-corrected chi connectivity index (χ3v) is 9.98. The Kier molecular flexibility index (Phi) is 10.1. The summed E-state index contributed by atoms with van der Waals surface area (Å²) in [5, 5.41) is 13.4. The summed E-state index contributed by atoms with van der Waals surface area (Å²) in [6.45, 7) is 1.82. The predicted molar refractivity (Wildman–Crippen MR) is 189 cm³/mol. The predicted octanol–water partition coefficient (Wildman–Crippen LogP) is 6.79. The lowest BCUT2D eigenvalue weighted by Gasteiger charge is -2.29. The Balaban J connectivity index is 1.14. The van der Waals surface area contributed by atoms with Gasteiger partial charge in [0.1, 0.15) is 17.2 Å². The largest absolute Gasteiger partial charge is 0.496 e. The number of nitrogens with one attached hydrogen (secondary N) is 3. The van der Waals surface area contributed by atoms with Crippen LogP contribution in [0.2, 0.25) is 5.02 Å². The van der Waals surface area contributed by atoms with Gasteiger partial charge in [-0.25, -0.2) is 0 Å². The van der Waals surface area contributed by atoms with E-state index in [4.69, 9.17) is 26.3 Å². The van der Waals surface area contributed by atoms with Crippen molar-refractivity contribution in [1.29, 1.82) is 5.26 Å². The molecule has 1 saturated heterocycles. The Labute approximate surface area is 292 Å². The summed E-state index contributed by atoms with van der Waals surface area (Å²) in [5.41, 5.74) is 6.93. The van der Waals surface area contributed by atoms with Crippen LogP contribution in [-0.2, 0) is 0 Å². The minimum absolute atomic E-state index is 0.0727. The smallest absolute Gasteiger partial charge is 0.270 e. The summed E-state index contributed by atoms with van der Waals surface area (Å²) in [4.78, 5) is 42.3. The van der Waals surface area contributed by atoms with Crippen molar-refractivity contribution in [2.75, 3.05) is 27.2 Å². The molecule has 0 bridgehead atoms. The Morgan fingerprint density at radius 2 is 1.59 bits per heavy atom. The zero-order chi connectivity index (χ0) is 34.5. The Morgan fingerprint density at radius 3 is 2.33 bits per heavy atom. The summed E-state index contributed by atoms with van der Waals surface area (Å²) < 4.78 is 12.3. The first-order chi connectivity index (χ1) is 23.7. The fourth-order valence-electron chi connectivity index (χ4n) is 5.58. The number of benzene rings is 4. The second kappa shape index (κ2) is 14.8. The number of hydrazine groups is 1. The van der Waals surface area contributed by atoms with Crippen LogP contribution in [0.4, 0.5) is 0 Å². The van der Waals surface area contributed by atoms with Crippen molar-refractivity contribution in [3.63, 3.8) is 0 Å². The molecule has 12 heteroatoms. The molecular weight excluding hydrogens is 662 g/mol. The van der Waals surface area contributed by atoms with E-state index in [0.717, 1.165) is 36.0 Å². The number of halogens is 1. The van der Waals surface area contributed by atoms with Gasteiger partial charge in [0.2, 0.25) is 0 Å². The highest BCUT2D eigenvalue weighted by molar-refractivity contribution is 7.23. The van der Waals surface area contributed by atoms with Gasteiger partial charge in [-0.15, -0.1) is 11.3 Å². The summed E-state index contributed by atoms with van der Waals surface area (Å²) in [7, 11) is 3.49. The molecule has 49 heavy (non-hydrogen) atoms.